The molecule has 0 unspecified atom stereocenters. The summed E-state index contributed by atoms with van der Waals surface area (Å²) in [5.74, 6) is 1.76. The van der Waals surface area contributed by atoms with E-state index in [1.165, 1.54) is 21.3 Å². The van der Waals surface area contributed by atoms with E-state index < -0.39 is 0 Å². The van der Waals surface area contributed by atoms with Gasteiger partial charge in [0.15, 0.2) is 18.1 Å². The van der Waals surface area contributed by atoms with Crippen LogP contribution in [0.25, 0.3) is 0 Å². The van der Waals surface area contributed by atoms with Gasteiger partial charge in [0.25, 0.3) is 5.91 Å². The summed E-state index contributed by atoms with van der Waals surface area (Å²) in [5, 5.41) is 2.75. The SMILES string of the molecule is COc1cc(NC(=O)COc2cccc(C)c2)cc(OC)c1OC. The van der Waals surface area contributed by atoms with Gasteiger partial charge >= 0.3 is 0 Å². The van der Waals surface area contributed by atoms with Crippen molar-refractivity contribution in [3.05, 3.63) is 42.0 Å². The lowest BCUT2D eigenvalue weighted by atomic mass is 10.2. The predicted molar refractivity (Wildman–Crippen MR) is 91.4 cm³/mol. The Morgan fingerprint density at radius 1 is 1.00 bits per heavy atom. The summed E-state index contributed by atoms with van der Waals surface area (Å²) in [4.78, 5) is 12.1. The van der Waals surface area contributed by atoms with Crippen molar-refractivity contribution in [3.8, 4) is 23.0 Å². The maximum Gasteiger partial charge on any atom is 0.262 e. The smallest absolute Gasteiger partial charge is 0.262 e. The number of methoxy groups -OCH3 is 3. The van der Waals surface area contributed by atoms with Crippen molar-refractivity contribution in [2.45, 2.75) is 6.92 Å². The number of aryl methyl sites for hydroxylation is 1. The molecule has 0 saturated heterocycles. The number of rotatable bonds is 7. The van der Waals surface area contributed by atoms with Crippen LogP contribution in [0.5, 0.6) is 23.0 Å². The zero-order valence-corrected chi connectivity index (χ0v) is 14.2. The molecule has 2 rings (SSSR count). The van der Waals surface area contributed by atoms with E-state index in [1.54, 1.807) is 18.2 Å². The van der Waals surface area contributed by atoms with Crippen molar-refractivity contribution in [3.63, 3.8) is 0 Å². The van der Waals surface area contributed by atoms with Gasteiger partial charge < -0.3 is 24.3 Å². The number of hydrogen-bond acceptors (Lipinski definition) is 5. The highest BCUT2D eigenvalue weighted by Crippen LogP contribution is 2.39. The van der Waals surface area contributed by atoms with Gasteiger partial charge in [0, 0.05) is 17.8 Å². The highest BCUT2D eigenvalue weighted by molar-refractivity contribution is 5.92. The minimum atomic E-state index is -0.286. The second kappa shape index (κ2) is 8.10. The van der Waals surface area contributed by atoms with Crippen LogP contribution in [0.2, 0.25) is 0 Å². The summed E-state index contributed by atoms with van der Waals surface area (Å²) in [6.07, 6.45) is 0. The molecule has 6 nitrogen and oxygen atoms in total. The summed E-state index contributed by atoms with van der Waals surface area (Å²) in [7, 11) is 4.56. The number of hydrogen-bond donors (Lipinski definition) is 1. The monoisotopic (exact) mass is 331 g/mol. The van der Waals surface area contributed by atoms with Gasteiger partial charge in [-0.1, -0.05) is 12.1 Å². The first-order valence-corrected chi connectivity index (χ1v) is 7.36. The molecule has 128 valence electrons. The lowest BCUT2D eigenvalue weighted by Crippen LogP contribution is -2.20. The van der Waals surface area contributed by atoms with Gasteiger partial charge in [0.05, 0.1) is 21.3 Å². The Kier molecular flexibility index (Phi) is 5.89. The van der Waals surface area contributed by atoms with Crippen molar-refractivity contribution in [1.29, 1.82) is 0 Å². The Bertz CT molecular complexity index is 689. The second-order valence-corrected chi connectivity index (χ2v) is 5.07. The minimum Gasteiger partial charge on any atom is -0.493 e. The Morgan fingerprint density at radius 3 is 2.21 bits per heavy atom. The Morgan fingerprint density at radius 2 is 1.67 bits per heavy atom. The maximum atomic E-state index is 12.1. The molecular weight excluding hydrogens is 310 g/mol. The third kappa shape index (κ3) is 4.32. The van der Waals surface area contributed by atoms with Crippen LogP contribution >= 0.6 is 0 Å². The first-order valence-electron chi connectivity index (χ1n) is 7.36. The van der Waals surface area contributed by atoms with E-state index in [4.69, 9.17) is 18.9 Å². The Hall–Kier alpha value is -2.89. The van der Waals surface area contributed by atoms with Crippen LogP contribution in [0, 0.1) is 6.92 Å². The number of amides is 1. The zero-order valence-electron chi connectivity index (χ0n) is 14.2. The predicted octanol–water partition coefficient (Wildman–Crippen LogP) is 3.04. The van der Waals surface area contributed by atoms with Crippen LogP contribution in [0.15, 0.2) is 36.4 Å². The quantitative estimate of drug-likeness (QED) is 0.845. The molecule has 2 aromatic carbocycles. The molecule has 0 aliphatic rings. The molecule has 0 saturated carbocycles. The molecule has 2 aromatic rings. The van der Waals surface area contributed by atoms with Crippen molar-refractivity contribution in [2.75, 3.05) is 33.3 Å². The normalized spacial score (nSPS) is 10.0. The Balaban J connectivity index is 2.05. The van der Waals surface area contributed by atoms with E-state index in [0.717, 1.165) is 5.56 Å². The first kappa shape index (κ1) is 17.5. The van der Waals surface area contributed by atoms with Gasteiger partial charge in [-0.2, -0.15) is 0 Å². The van der Waals surface area contributed by atoms with Gasteiger partial charge in [0.2, 0.25) is 5.75 Å². The van der Waals surface area contributed by atoms with E-state index in [2.05, 4.69) is 5.32 Å². The molecule has 0 aromatic heterocycles. The van der Waals surface area contributed by atoms with Crippen LogP contribution < -0.4 is 24.3 Å². The Labute approximate surface area is 141 Å². The first-order chi connectivity index (χ1) is 11.6. The lowest BCUT2D eigenvalue weighted by molar-refractivity contribution is -0.118. The summed E-state index contributed by atoms with van der Waals surface area (Å²) in [6.45, 7) is 1.86. The summed E-state index contributed by atoms with van der Waals surface area (Å²) in [6, 6.07) is 10.8. The fourth-order valence-corrected chi connectivity index (χ4v) is 2.20. The van der Waals surface area contributed by atoms with Crippen LogP contribution in [0.1, 0.15) is 5.56 Å². The molecule has 1 amide bonds. The van der Waals surface area contributed by atoms with Crippen molar-refractivity contribution in [2.24, 2.45) is 0 Å². The standard InChI is InChI=1S/C18H21NO5/c1-12-6-5-7-14(8-12)24-11-17(20)19-13-9-15(21-2)18(23-4)16(10-13)22-3/h5-10H,11H2,1-4H3,(H,19,20). The molecule has 0 heterocycles. The number of carbonyl (C=O) groups excluding carboxylic acids is 1. The van der Waals surface area contributed by atoms with Gasteiger partial charge in [-0.25, -0.2) is 0 Å². The molecule has 0 aliphatic heterocycles. The maximum absolute atomic E-state index is 12.1. The highest BCUT2D eigenvalue weighted by Gasteiger charge is 2.14. The van der Waals surface area contributed by atoms with Gasteiger partial charge in [-0.05, 0) is 24.6 Å². The second-order valence-electron chi connectivity index (χ2n) is 5.07. The van der Waals surface area contributed by atoms with E-state index in [0.29, 0.717) is 28.7 Å². The number of benzene rings is 2. The molecule has 0 spiro atoms. The molecule has 1 N–H and O–H groups in total. The molecule has 0 fully saturated rings. The molecule has 0 atom stereocenters. The van der Waals surface area contributed by atoms with E-state index in [1.807, 2.05) is 25.1 Å². The van der Waals surface area contributed by atoms with Crippen LogP contribution in [-0.2, 0) is 4.79 Å². The van der Waals surface area contributed by atoms with Crippen molar-refractivity contribution >= 4 is 11.6 Å². The molecule has 6 heteroatoms. The fourth-order valence-electron chi connectivity index (χ4n) is 2.20. The lowest BCUT2D eigenvalue weighted by Gasteiger charge is -2.14. The summed E-state index contributed by atoms with van der Waals surface area (Å²) < 4.78 is 21.2. The van der Waals surface area contributed by atoms with Crippen molar-refractivity contribution in [1.82, 2.24) is 0 Å². The highest BCUT2D eigenvalue weighted by atomic mass is 16.5. The van der Waals surface area contributed by atoms with Crippen LogP contribution in [-0.4, -0.2) is 33.8 Å². The van der Waals surface area contributed by atoms with E-state index in [9.17, 15) is 4.79 Å². The van der Waals surface area contributed by atoms with Crippen LogP contribution in [0.3, 0.4) is 0 Å². The minimum absolute atomic E-state index is 0.0971. The topological polar surface area (TPSA) is 66.0 Å². The largest absolute Gasteiger partial charge is 0.493 e. The fraction of sp³-hybridized carbons (Fsp3) is 0.278. The van der Waals surface area contributed by atoms with Gasteiger partial charge in [-0.3, -0.25) is 4.79 Å². The molecule has 0 aliphatic carbocycles. The van der Waals surface area contributed by atoms with Gasteiger partial charge in [-0.15, -0.1) is 0 Å². The van der Waals surface area contributed by atoms with Crippen LogP contribution in [0.4, 0.5) is 5.69 Å². The number of carbonyl (C=O) groups is 1. The van der Waals surface area contributed by atoms with E-state index in [-0.39, 0.29) is 12.5 Å². The van der Waals surface area contributed by atoms with Crippen molar-refractivity contribution < 1.29 is 23.7 Å². The molecule has 0 bridgehead atoms. The zero-order chi connectivity index (χ0) is 17.5. The third-order valence-electron chi connectivity index (χ3n) is 3.31. The third-order valence-corrected chi connectivity index (χ3v) is 3.31. The summed E-state index contributed by atoms with van der Waals surface area (Å²) >= 11 is 0. The average Bonchev–Trinajstić information content (AvgIpc) is 2.59. The number of anilines is 1. The summed E-state index contributed by atoms with van der Waals surface area (Å²) in [5.41, 5.74) is 1.60. The molecule has 0 radical (unpaired) electrons. The van der Waals surface area contributed by atoms with Gasteiger partial charge in [0.1, 0.15) is 5.75 Å². The number of ether oxygens (including phenoxy) is 4. The molecule has 24 heavy (non-hydrogen) atoms. The molecular formula is C18H21NO5. The van der Waals surface area contributed by atoms with E-state index >= 15 is 0 Å². The number of nitrogens with one attached hydrogen (secondary N) is 1. The average molecular weight is 331 g/mol.